The fourth-order valence-electron chi connectivity index (χ4n) is 2.31. The van der Waals surface area contributed by atoms with Crippen molar-refractivity contribution in [3.8, 4) is 0 Å². The van der Waals surface area contributed by atoms with Crippen LogP contribution in [0.4, 0.5) is 0 Å². The molecule has 1 aliphatic carbocycles. The molecule has 1 saturated carbocycles. The van der Waals surface area contributed by atoms with Crippen molar-refractivity contribution in [2.24, 2.45) is 5.92 Å². The molecule has 0 saturated heterocycles. The summed E-state index contributed by atoms with van der Waals surface area (Å²) in [5, 5.41) is 8.82. The summed E-state index contributed by atoms with van der Waals surface area (Å²) in [5.74, 6) is 0.192. The summed E-state index contributed by atoms with van der Waals surface area (Å²) in [7, 11) is 1.90. The number of rotatable bonds is 6. The van der Waals surface area contributed by atoms with Crippen molar-refractivity contribution >= 4 is 5.97 Å². The molecule has 0 bridgehead atoms. The molecule has 3 nitrogen and oxygen atoms in total. The lowest BCUT2D eigenvalue weighted by atomic mass is 10.0. The average molecular weight is 213 g/mol. The molecule has 0 spiro atoms. The van der Waals surface area contributed by atoms with Crippen molar-refractivity contribution in [2.45, 2.75) is 51.5 Å². The maximum atomic E-state index is 10.7. The van der Waals surface area contributed by atoms with Gasteiger partial charge in [-0.2, -0.15) is 0 Å². The molecule has 0 aliphatic heterocycles. The van der Waals surface area contributed by atoms with Crippen LogP contribution in [0.3, 0.4) is 0 Å². The zero-order valence-electron chi connectivity index (χ0n) is 9.91. The number of hydrogen-bond donors (Lipinski definition) is 1. The molecule has 0 aromatic heterocycles. The first-order valence-electron chi connectivity index (χ1n) is 6.04. The highest BCUT2D eigenvalue weighted by Gasteiger charge is 2.18. The molecule has 1 atom stereocenters. The summed E-state index contributed by atoms with van der Waals surface area (Å²) >= 11 is 0. The van der Waals surface area contributed by atoms with Crippen LogP contribution in [-0.2, 0) is 4.79 Å². The number of carboxylic acids is 1. The third kappa shape index (κ3) is 4.20. The number of aliphatic carboxylic acids is 1. The average Bonchev–Trinajstić information content (AvgIpc) is 2.69. The predicted molar refractivity (Wildman–Crippen MR) is 60.9 cm³/mol. The van der Waals surface area contributed by atoms with E-state index in [1.54, 1.807) is 6.92 Å². The van der Waals surface area contributed by atoms with Crippen LogP contribution in [0.15, 0.2) is 0 Å². The molecular formula is C12H23NO2. The van der Waals surface area contributed by atoms with Crippen molar-refractivity contribution < 1.29 is 9.90 Å². The van der Waals surface area contributed by atoms with E-state index in [9.17, 15) is 4.79 Å². The van der Waals surface area contributed by atoms with Crippen LogP contribution in [0.1, 0.15) is 45.4 Å². The van der Waals surface area contributed by atoms with E-state index in [0.29, 0.717) is 0 Å². The first-order chi connectivity index (χ1) is 7.11. The van der Waals surface area contributed by atoms with Crippen LogP contribution in [0.5, 0.6) is 0 Å². The summed E-state index contributed by atoms with van der Waals surface area (Å²) in [6, 6.07) is -0.353. The molecule has 0 heterocycles. The third-order valence-electron chi connectivity index (χ3n) is 3.62. The highest BCUT2D eigenvalue weighted by atomic mass is 16.4. The number of carboxylic acid groups (broad SMARTS) is 1. The van der Waals surface area contributed by atoms with Gasteiger partial charge in [0.25, 0.3) is 0 Å². The second-order valence-corrected chi connectivity index (χ2v) is 4.79. The van der Waals surface area contributed by atoms with Crippen molar-refractivity contribution in [2.75, 3.05) is 13.6 Å². The first kappa shape index (κ1) is 12.5. The summed E-state index contributed by atoms with van der Waals surface area (Å²) in [5.41, 5.74) is 0. The predicted octanol–water partition coefficient (Wildman–Crippen LogP) is 2.36. The molecule has 0 aromatic rings. The second kappa shape index (κ2) is 6.11. The van der Waals surface area contributed by atoms with E-state index < -0.39 is 5.97 Å². The van der Waals surface area contributed by atoms with Gasteiger partial charge in [-0.15, -0.1) is 0 Å². The van der Waals surface area contributed by atoms with Crippen LogP contribution in [0.2, 0.25) is 0 Å². The van der Waals surface area contributed by atoms with Crippen molar-refractivity contribution in [1.82, 2.24) is 4.90 Å². The van der Waals surface area contributed by atoms with E-state index in [-0.39, 0.29) is 6.04 Å². The Kier molecular flexibility index (Phi) is 5.09. The Morgan fingerprint density at radius 1 is 1.47 bits per heavy atom. The van der Waals surface area contributed by atoms with Gasteiger partial charge in [-0.25, -0.2) is 0 Å². The van der Waals surface area contributed by atoms with Crippen LogP contribution < -0.4 is 0 Å². The minimum absolute atomic E-state index is 0.353. The second-order valence-electron chi connectivity index (χ2n) is 4.79. The van der Waals surface area contributed by atoms with Crippen LogP contribution >= 0.6 is 0 Å². The van der Waals surface area contributed by atoms with E-state index in [1.807, 2.05) is 11.9 Å². The molecule has 0 aromatic carbocycles. The number of hydrogen-bond acceptors (Lipinski definition) is 2. The molecule has 0 amide bonds. The van der Waals surface area contributed by atoms with Crippen molar-refractivity contribution in [3.05, 3.63) is 0 Å². The number of nitrogens with zero attached hydrogens (tertiary/aromatic N) is 1. The first-order valence-corrected chi connectivity index (χ1v) is 6.04. The molecule has 1 fully saturated rings. The Bertz CT molecular complexity index is 200. The van der Waals surface area contributed by atoms with Gasteiger partial charge in [0.05, 0.1) is 0 Å². The monoisotopic (exact) mass is 213 g/mol. The standard InChI is InChI=1S/C12H23NO2/c1-10(12(14)15)13(2)9-5-8-11-6-3-4-7-11/h10-11H,3-9H2,1-2H3,(H,14,15). The highest BCUT2D eigenvalue weighted by Crippen LogP contribution is 2.28. The molecule has 0 radical (unpaired) electrons. The minimum atomic E-state index is -0.724. The molecule has 88 valence electrons. The fourth-order valence-corrected chi connectivity index (χ4v) is 2.31. The Balaban J connectivity index is 2.10. The van der Waals surface area contributed by atoms with Gasteiger partial charge in [0.1, 0.15) is 6.04 Å². The van der Waals surface area contributed by atoms with Gasteiger partial charge < -0.3 is 5.11 Å². The van der Waals surface area contributed by atoms with E-state index in [2.05, 4.69) is 0 Å². The lowest BCUT2D eigenvalue weighted by Crippen LogP contribution is -2.36. The highest BCUT2D eigenvalue weighted by molar-refractivity contribution is 5.72. The summed E-state index contributed by atoms with van der Waals surface area (Å²) in [6.07, 6.45) is 7.98. The topological polar surface area (TPSA) is 40.5 Å². The van der Waals surface area contributed by atoms with Gasteiger partial charge in [-0.1, -0.05) is 25.7 Å². The molecule has 15 heavy (non-hydrogen) atoms. The van der Waals surface area contributed by atoms with Gasteiger partial charge in [-0.3, -0.25) is 9.69 Å². The SMILES string of the molecule is CC(C(=O)O)N(C)CCCC1CCCC1. The lowest BCUT2D eigenvalue weighted by Gasteiger charge is -2.21. The number of likely N-dealkylation sites (N-methyl/N-ethyl adjacent to an activating group) is 1. The van der Waals surface area contributed by atoms with Crippen molar-refractivity contribution in [3.63, 3.8) is 0 Å². The Morgan fingerprint density at radius 3 is 2.60 bits per heavy atom. The Morgan fingerprint density at radius 2 is 2.07 bits per heavy atom. The van der Waals surface area contributed by atoms with Gasteiger partial charge in [-0.05, 0) is 39.3 Å². The third-order valence-corrected chi connectivity index (χ3v) is 3.62. The van der Waals surface area contributed by atoms with Crippen LogP contribution in [0.25, 0.3) is 0 Å². The zero-order chi connectivity index (χ0) is 11.3. The van der Waals surface area contributed by atoms with Crippen molar-refractivity contribution in [1.29, 1.82) is 0 Å². The van der Waals surface area contributed by atoms with Gasteiger partial charge in [0.15, 0.2) is 0 Å². The van der Waals surface area contributed by atoms with Crippen LogP contribution in [-0.4, -0.2) is 35.6 Å². The normalized spacial score (nSPS) is 19.7. The van der Waals surface area contributed by atoms with E-state index in [4.69, 9.17) is 5.11 Å². The largest absolute Gasteiger partial charge is 0.480 e. The molecule has 1 N–H and O–H groups in total. The smallest absolute Gasteiger partial charge is 0.320 e. The minimum Gasteiger partial charge on any atom is -0.480 e. The summed E-state index contributed by atoms with van der Waals surface area (Å²) in [4.78, 5) is 12.6. The quantitative estimate of drug-likeness (QED) is 0.736. The van der Waals surface area contributed by atoms with Gasteiger partial charge in [0, 0.05) is 0 Å². The molecular weight excluding hydrogens is 190 g/mol. The van der Waals surface area contributed by atoms with E-state index >= 15 is 0 Å². The zero-order valence-corrected chi connectivity index (χ0v) is 9.91. The summed E-state index contributed by atoms with van der Waals surface area (Å²) in [6.45, 7) is 2.65. The summed E-state index contributed by atoms with van der Waals surface area (Å²) < 4.78 is 0. The number of carbonyl (C=O) groups is 1. The maximum Gasteiger partial charge on any atom is 0.320 e. The maximum absolute atomic E-state index is 10.7. The lowest BCUT2D eigenvalue weighted by molar-refractivity contribution is -0.142. The van der Waals surface area contributed by atoms with Crippen LogP contribution in [0, 0.1) is 5.92 Å². The van der Waals surface area contributed by atoms with E-state index in [0.717, 1.165) is 18.9 Å². The molecule has 3 heteroatoms. The molecule has 1 rings (SSSR count). The van der Waals surface area contributed by atoms with E-state index in [1.165, 1.54) is 32.1 Å². The molecule has 1 unspecified atom stereocenters. The fraction of sp³-hybridized carbons (Fsp3) is 0.917. The van der Waals surface area contributed by atoms with Gasteiger partial charge in [0.2, 0.25) is 0 Å². The Labute approximate surface area is 92.5 Å². The molecule has 1 aliphatic rings. The van der Waals surface area contributed by atoms with Gasteiger partial charge >= 0.3 is 5.97 Å². The Hall–Kier alpha value is -0.570.